The summed E-state index contributed by atoms with van der Waals surface area (Å²) in [5.74, 6) is -0.677. The summed E-state index contributed by atoms with van der Waals surface area (Å²) in [4.78, 5) is 26.8. The van der Waals surface area contributed by atoms with E-state index >= 15 is 0 Å². The number of nitrogens with zero attached hydrogens (tertiary/aromatic N) is 4. The lowest BCUT2D eigenvalue weighted by atomic mass is 9.77. The molecule has 144 valence electrons. The van der Waals surface area contributed by atoms with Gasteiger partial charge in [-0.3, -0.25) is 19.2 Å². The highest BCUT2D eigenvalue weighted by molar-refractivity contribution is 5.83. The van der Waals surface area contributed by atoms with E-state index in [0.717, 1.165) is 12.0 Å². The standard InChI is InChI=1S/C19H24N4O4/c1-22-11-16(20-21-22)19(18(25)26-2)9-6-10-23(14-19)12-17(24)27-13-15-7-4-3-5-8-15/h3-5,7-8,11H,6,9-10,12-14H2,1-2H3. The van der Waals surface area contributed by atoms with Crippen LogP contribution in [0.15, 0.2) is 36.5 Å². The lowest BCUT2D eigenvalue weighted by Gasteiger charge is -2.38. The van der Waals surface area contributed by atoms with Crippen molar-refractivity contribution in [3.63, 3.8) is 0 Å². The Kier molecular flexibility index (Phi) is 5.85. The van der Waals surface area contributed by atoms with Crippen LogP contribution in [0.2, 0.25) is 0 Å². The number of aryl methyl sites for hydroxylation is 1. The molecule has 1 atom stereocenters. The Labute approximate surface area is 158 Å². The number of rotatable bonds is 6. The molecule has 0 N–H and O–H groups in total. The quantitative estimate of drug-likeness (QED) is 0.701. The van der Waals surface area contributed by atoms with Gasteiger partial charge in [0.1, 0.15) is 17.7 Å². The largest absolute Gasteiger partial charge is 0.468 e. The molecule has 2 heterocycles. The number of likely N-dealkylation sites (tertiary alicyclic amines) is 1. The highest BCUT2D eigenvalue weighted by Crippen LogP contribution is 2.34. The van der Waals surface area contributed by atoms with Gasteiger partial charge in [0.25, 0.3) is 0 Å². The van der Waals surface area contributed by atoms with Crippen LogP contribution in [0.1, 0.15) is 24.1 Å². The van der Waals surface area contributed by atoms with Gasteiger partial charge in [0, 0.05) is 19.8 Å². The molecule has 0 radical (unpaired) electrons. The molecule has 1 aliphatic rings. The van der Waals surface area contributed by atoms with Crippen molar-refractivity contribution in [3.8, 4) is 0 Å². The van der Waals surface area contributed by atoms with E-state index in [0.29, 0.717) is 25.2 Å². The predicted octanol–water partition coefficient (Wildman–Crippen LogP) is 1.07. The number of aromatic nitrogens is 3. The summed E-state index contributed by atoms with van der Waals surface area (Å²) < 4.78 is 12.0. The van der Waals surface area contributed by atoms with Crippen LogP contribution in [0.5, 0.6) is 0 Å². The fourth-order valence-corrected chi connectivity index (χ4v) is 3.49. The molecule has 8 heteroatoms. The van der Waals surface area contributed by atoms with Gasteiger partial charge in [-0.05, 0) is 24.9 Å². The first-order valence-corrected chi connectivity index (χ1v) is 8.90. The van der Waals surface area contributed by atoms with Crippen molar-refractivity contribution in [1.29, 1.82) is 0 Å². The van der Waals surface area contributed by atoms with Crippen LogP contribution in [-0.2, 0) is 38.1 Å². The van der Waals surface area contributed by atoms with Crippen molar-refractivity contribution < 1.29 is 19.1 Å². The molecular weight excluding hydrogens is 348 g/mol. The zero-order valence-corrected chi connectivity index (χ0v) is 15.6. The average molecular weight is 372 g/mol. The molecule has 1 saturated heterocycles. The minimum absolute atomic E-state index is 0.117. The highest BCUT2D eigenvalue weighted by atomic mass is 16.5. The number of hydrogen-bond donors (Lipinski definition) is 0. The van der Waals surface area contributed by atoms with Crippen molar-refractivity contribution >= 4 is 11.9 Å². The van der Waals surface area contributed by atoms with Gasteiger partial charge < -0.3 is 9.47 Å². The van der Waals surface area contributed by atoms with E-state index in [1.807, 2.05) is 35.2 Å². The second-order valence-electron chi connectivity index (χ2n) is 6.81. The van der Waals surface area contributed by atoms with Crippen LogP contribution >= 0.6 is 0 Å². The maximum atomic E-state index is 12.6. The van der Waals surface area contributed by atoms with Gasteiger partial charge in [-0.25, -0.2) is 0 Å². The molecule has 1 aromatic heterocycles. The maximum absolute atomic E-state index is 12.6. The molecule has 8 nitrogen and oxygen atoms in total. The van der Waals surface area contributed by atoms with E-state index in [2.05, 4.69) is 10.3 Å². The van der Waals surface area contributed by atoms with E-state index in [1.165, 1.54) is 7.11 Å². The van der Waals surface area contributed by atoms with Crippen molar-refractivity contribution in [3.05, 3.63) is 47.8 Å². The molecule has 0 spiro atoms. The molecule has 3 rings (SSSR count). The Bertz CT molecular complexity index is 792. The number of esters is 2. The van der Waals surface area contributed by atoms with Crippen LogP contribution in [0.3, 0.4) is 0 Å². The van der Waals surface area contributed by atoms with Crippen LogP contribution in [0.4, 0.5) is 0 Å². The molecule has 0 bridgehead atoms. The molecule has 27 heavy (non-hydrogen) atoms. The minimum Gasteiger partial charge on any atom is -0.468 e. The number of ether oxygens (including phenoxy) is 2. The Morgan fingerprint density at radius 2 is 2.04 bits per heavy atom. The molecule has 1 fully saturated rings. The van der Waals surface area contributed by atoms with Gasteiger partial charge in [-0.2, -0.15) is 0 Å². The topological polar surface area (TPSA) is 86.6 Å². The third-order valence-corrected chi connectivity index (χ3v) is 4.84. The zero-order valence-electron chi connectivity index (χ0n) is 15.6. The molecule has 0 amide bonds. The van der Waals surface area contributed by atoms with Gasteiger partial charge in [0.15, 0.2) is 0 Å². The van der Waals surface area contributed by atoms with Crippen LogP contribution in [0.25, 0.3) is 0 Å². The second-order valence-corrected chi connectivity index (χ2v) is 6.81. The third kappa shape index (κ3) is 4.33. The molecule has 1 aromatic carbocycles. The molecule has 2 aromatic rings. The van der Waals surface area contributed by atoms with Crippen LogP contribution in [0, 0.1) is 0 Å². The Hall–Kier alpha value is -2.74. The number of methoxy groups -OCH3 is 1. The lowest BCUT2D eigenvalue weighted by Crippen LogP contribution is -2.52. The first kappa shape index (κ1) is 19.0. The molecule has 0 saturated carbocycles. The van der Waals surface area contributed by atoms with Crippen molar-refractivity contribution in [2.75, 3.05) is 26.7 Å². The SMILES string of the molecule is COC(=O)C1(c2cn(C)nn2)CCCN(CC(=O)OCc2ccccc2)C1. The van der Waals surface area contributed by atoms with Gasteiger partial charge in [0.05, 0.1) is 13.7 Å². The first-order chi connectivity index (χ1) is 13.0. The predicted molar refractivity (Wildman–Crippen MR) is 96.6 cm³/mol. The number of piperidine rings is 1. The van der Waals surface area contributed by atoms with Crippen LogP contribution < -0.4 is 0 Å². The summed E-state index contributed by atoms with van der Waals surface area (Å²) in [6, 6.07) is 9.53. The second kappa shape index (κ2) is 8.30. The Morgan fingerprint density at radius 3 is 2.70 bits per heavy atom. The number of carbonyl (C=O) groups excluding carboxylic acids is 2. The fraction of sp³-hybridized carbons (Fsp3) is 0.474. The minimum atomic E-state index is -0.916. The van der Waals surface area contributed by atoms with E-state index < -0.39 is 5.41 Å². The molecule has 0 aliphatic carbocycles. The summed E-state index contributed by atoms with van der Waals surface area (Å²) in [6.07, 6.45) is 3.08. The number of hydrogen-bond acceptors (Lipinski definition) is 7. The highest BCUT2D eigenvalue weighted by Gasteiger charge is 2.47. The van der Waals surface area contributed by atoms with Crippen molar-refractivity contribution in [2.45, 2.75) is 24.9 Å². The summed E-state index contributed by atoms with van der Waals surface area (Å²) >= 11 is 0. The lowest BCUT2D eigenvalue weighted by molar-refractivity contribution is -0.153. The first-order valence-electron chi connectivity index (χ1n) is 8.90. The van der Waals surface area contributed by atoms with Gasteiger partial charge >= 0.3 is 11.9 Å². The Morgan fingerprint density at radius 1 is 1.26 bits per heavy atom. The number of benzene rings is 1. The molecule has 1 aliphatic heterocycles. The zero-order chi connectivity index (χ0) is 19.3. The maximum Gasteiger partial charge on any atom is 0.320 e. The summed E-state index contributed by atoms with van der Waals surface area (Å²) in [6.45, 7) is 1.41. The van der Waals surface area contributed by atoms with E-state index in [4.69, 9.17) is 9.47 Å². The van der Waals surface area contributed by atoms with Crippen molar-refractivity contribution in [2.24, 2.45) is 7.05 Å². The van der Waals surface area contributed by atoms with Gasteiger partial charge in [-0.15, -0.1) is 5.10 Å². The van der Waals surface area contributed by atoms with E-state index in [9.17, 15) is 9.59 Å². The van der Waals surface area contributed by atoms with E-state index in [-0.39, 0.29) is 25.1 Å². The van der Waals surface area contributed by atoms with Crippen molar-refractivity contribution in [1.82, 2.24) is 19.9 Å². The number of carbonyl (C=O) groups is 2. The summed E-state index contributed by atoms with van der Waals surface area (Å²) in [5, 5.41) is 8.09. The monoisotopic (exact) mass is 372 g/mol. The van der Waals surface area contributed by atoms with Gasteiger partial charge in [0.2, 0.25) is 0 Å². The van der Waals surface area contributed by atoms with E-state index in [1.54, 1.807) is 17.9 Å². The molecule has 1 unspecified atom stereocenters. The molecular formula is C19H24N4O4. The summed E-state index contributed by atoms with van der Waals surface area (Å²) in [5.41, 5.74) is 0.591. The van der Waals surface area contributed by atoms with Crippen LogP contribution in [-0.4, -0.2) is 58.6 Å². The Balaban J connectivity index is 1.66. The normalized spacial score (nSPS) is 20.2. The third-order valence-electron chi connectivity index (χ3n) is 4.84. The average Bonchev–Trinajstić information content (AvgIpc) is 3.13. The van der Waals surface area contributed by atoms with Gasteiger partial charge in [-0.1, -0.05) is 35.5 Å². The smallest absolute Gasteiger partial charge is 0.320 e. The fourth-order valence-electron chi connectivity index (χ4n) is 3.49. The summed E-state index contributed by atoms with van der Waals surface area (Å²) in [7, 11) is 3.12.